The van der Waals surface area contributed by atoms with E-state index in [9.17, 15) is 10.2 Å². The molecule has 0 heterocycles. The molecule has 2 atom stereocenters. The van der Waals surface area contributed by atoms with Crippen molar-refractivity contribution >= 4 is 0 Å². The number of hydrogen-bond donors (Lipinski definition) is 2. The summed E-state index contributed by atoms with van der Waals surface area (Å²) in [5, 5.41) is 19.6. The average Bonchev–Trinajstić information content (AvgIpc) is 2.42. The van der Waals surface area contributed by atoms with E-state index < -0.39 is 12.2 Å². The van der Waals surface area contributed by atoms with Crippen LogP contribution in [0.15, 0.2) is 37.0 Å². The maximum atomic E-state index is 9.80. The molecule has 2 N–H and O–H groups in total. The highest BCUT2D eigenvalue weighted by Gasteiger charge is 2.13. The Bertz CT molecular complexity index is 256. The van der Waals surface area contributed by atoms with Crippen molar-refractivity contribution in [2.24, 2.45) is 0 Å². The van der Waals surface area contributed by atoms with Crippen LogP contribution in [0.4, 0.5) is 0 Å². The summed E-state index contributed by atoms with van der Waals surface area (Å²) in [5.41, 5.74) is 0. The van der Waals surface area contributed by atoms with E-state index in [0.29, 0.717) is 12.8 Å². The van der Waals surface area contributed by atoms with Crippen LogP contribution in [0.1, 0.15) is 58.3 Å². The van der Waals surface area contributed by atoms with Crippen LogP contribution in [0.25, 0.3) is 0 Å². The van der Waals surface area contributed by atoms with Gasteiger partial charge in [0.15, 0.2) is 0 Å². The summed E-state index contributed by atoms with van der Waals surface area (Å²) in [4.78, 5) is 0. The van der Waals surface area contributed by atoms with Crippen molar-refractivity contribution in [3.05, 3.63) is 37.0 Å². The Morgan fingerprint density at radius 3 is 2.37 bits per heavy atom. The molecular formula is C17H30O2. The van der Waals surface area contributed by atoms with E-state index >= 15 is 0 Å². The Labute approximate surface area is 118 Å². The first-order valence-corrected chi connectivity index (χ1v) is 7.49. The van der Waals surface area contributed by atoms with Gasteiger partial charge in [0.05, 0.1) is 12.2 Å². The molecule has 0 fully saturated rings. The lowest BCUT2D eigenvalue weighted by Crippen LogP contribution is -2.25. The van der Waals surface area contributed by atoms with Gasteiger partial charge in [0.1, 0.15) is 0 Å². The normalized spacial score (nSPS) is 15.1. The molecule has 0 aromatic heterocycles. The van der Waals surface area contributed by atoms with Crippen molar-refractivity contribution in [1.29, 1.82) is 0 Å². The van der Waals surface area contributed by atoms with Gasteiger partial charge in [-0.3, -0.25) is 0 Å². The summed E-state index contributed by atoms with van der Waals surface area (Å²) < 4.78 is 0. The van der Waals surface area contributed by atoms with Crippen molar-refractivity contribution in [1.82, 2.24) is 0 Å². The third-order valence-electron chi connectivity index (χ3n) is 3.07. The lowest BCUT2D eigenvalue weighted by molar-refractivity contribution is 0.0153. The molecule has 0 rings (SSSR count). The maximum absolute atomic E-state index is 9.80. The second-order valence-corrected chi connectivity index (χ2v) is 4.88. The molecular weight excluding hydrogens is 236 g/mol. The molecule has 0 bridgehead atoms. The number of hydrogen-bond acceptors (Lipinski definition) is 2. The van der Waals surface area contributed by atoms with Gasteiger partial charge < -0.3 is 10.2 Å². The van der Waals surface area contributed by atoms with Crippen LogP contribution in [0.2, 0.25) is 0 Å². The van der Waals surface area contributed by atoms with Gasteiger partial charge in [-0.15, -0.1) is 6.58 Å². The van der Waals surface area contributed by atoms with Crippen LogP contribution in [-0.4, -0.2) is 22.4 Å². The molecule has 0 amide bonds. The van der Waals surface area contributed by atoms with Crippen LogP contribution in [-0.2, 0) is 0 Å². The molecule has 110 valence electrons. The summed E-state index contributed by atoms with van der Waals surface area (Å²) in [7, 11) is 0. The topological polar surface area (TPSA) is 40.5 Å². The zero-order chi connectivity index (χ0) is 14.3. The highest BCUT2D eigenvalue weighted by molar-refractivity contribution is 4.93. The largest absolute Gasteiger partial charge is 0.390 e. The van der Waals surface area contributed by atoms with Crippen LogP contribution >= 0.6 is 0 Å². The summed E-state index contributed by atoms with van der Waals surface area (Å²) in [5.74, 6) is 0. The third-order valence-corrected chi connectivity index (χ3v) is 3.07. The van der Waals surface area contributed by atoms with Crippen molar-refractivity contribution in [3.8, 4) is 0 Å². The van der Waals surface area contributed by atoms with Gasteiger partial charge in [0, 0.05) is 0 Å². The molecule has 0 aliphatic carbocycles. The van der Waals surface area contributed by atoms with Crippen molar-refractivity contribution in [2.45, 2.75) is 70.5 Å². The minimum absolute atomic E-state index is 0.536. The molecule has 0 radical (unpaired) electrons. The van der Waals surface area contributed by atoms with E-state index in [0.717, 1.165) is 38.5 Å². The van der Waals surface area contributed by atoms with E-state index in [1.165, 1.54) is 0 Å². The fourth-order valence-corrected chi connectivity index (χ4v) is 1.84. The van der Waals surface area contributed by atoms with Crippen LogP contribution in [0, 0.1) is 0 Å². The first kappa shape index (κ1) is 18.1. The van der Waals surface area contributed by atoms with Gasteiger partial charge >= 0.3 is 0 Å². The van der Waals surface area contributed by atoms with Gasteiger partial charge in [-0.1, -0.05) is 50.1 Å². The van der Waals surface area contributed by atoms with Gasteiger partial charge in [0.2, 0.25) is 0 Å². The SMILES string of the molecule is C=CCCCCC[C@@H](O)[C@@H](O)CC=CCC=CCC. The predicted molar refractivity (Wildman–Crippen MR) is 83.1 cm³/mol. The Morgan fingerprint density at radius 1 is 0.947 bits per heavy atom. The molecule has 0 unspecified atom stereocenters. The maximum Gasteiger partial charge on any atom is 0.0833 e. The molecule has 0 spiro atoms. The average molecular weight is 266 g/mol. The van der Waals surface area contributed by atoms with Crippen molar-refractivity contribution < 1.29 is 10.2 Å². The van der Waals surface area contributed by atoms with Gasteiger partial charge in [-0.2, -0.15) is 0 Å². The van der Waals surface area contributed by atoms with Crippen LogP contribution < -0.4 is 0 Å². The molecule has 19 heavy (non-hydrogen) atoms. The Morgan fingerprint density at radius 2 is 1.68 bits per heavy atom. The number of aliphatic hydroxyl groups excluding tert-OH is 2. The van der Waals surface area contributed by atoms with Gasteiger partial charge in [-0.25, -0.2) is 0 Å². The second kappa shape index (κ2) is 13.6. The zero-order valence-electron chi connectivity index (χ0n) is 12.3. The number of rotatable bonds is 12. The standard InChI is InChI=1S/C17H30O2/c1-3-5-7-9-11-13-15-17(19)16(18)14-12-10-8-6-4-2/h4-5,7,11,13,16-19H,2-3,6,8-10,12,14-15H2,1H3/t16-,17+/m1/s1. The predicted octanol–water partition coefficient (Wildman–Crippen LogP) is 4.15. The Balaban J connectivity index is 3.60. The molecule has 0 saturated carbocycles. The lowest BCUT2D eigenvalue weighted by Gasteiger charge is -2.16. The molecule has 0 aromatic rings. The summed E-state index contributed by atoms with van der Waals surface area (Å²) in [6.07, 6.45) is 16.3. The summed E-state index contributed by atoms with van der Waals surface area (Å²) >= 11 is 0. The van der Waals surface area contributed by atoms with E-state index in [4.69, 9.17) is 0 Å². The van der Waals surface area contributed by atoms with Gasteiger partial charge in [-0.05, 0) is 38.5 Å². The van der Waals surface area contributed by atoms with E-state index in [2.05, 4.69) is 25.7 Å². The van der Waals surface area contributed by atoms with Crippen molar-refractivity contribution in [3.63, 3.8) is 0 Å². The Hall–Kier alpha value is -0.860. The molecule has 2 heteroatoms. The monoisotopic (exact) mass is 266 g/mol. The number of unbranched alkanes of at least 4 members (excludes halogenated alkanes) is 3. The van der Waals surface area contributed by atoms with Crippen LogP contribution in [0.3, 0.4) is 0 Å². The molecule has 0 aliphatic heterocycles. The number of allylic oxidation sites excluding steroid dienone is 4. The van der Waals surface area contributed by atoms with E-state index in [1.807, 2.05) is 18.2 Å². The third kappa shape index (κ3) is 11.9. The molecule has 0 saturated heterocycles. The lowest BCUT2D eigenvalue weighted by atomic mass is 10.0. The first-order valence-electron chi connectivity index (χ1n) is 7.49. The first-order chi connectivity index (χ1) is 9.22. The summed E-state index contributed by atoms with van der Waals surface area (Å²) in [6, 6.07) is 0. The summed E-state index contributed by atoms with van der Waals surface area (Å²) in [6.45, 7) is 5.79. The minimum Gasteiger partial charge on any atom is -0.390 e. The quantitative estimate of drug-likeness (QED) is 0.411. The smallest absolute Gasteiger partial charge is 0.0833 e. The minimum atomic E-state index is -0.634. The molecule has 0 aromatic carbocycles. The van der Waals surface area contributed by atoms with E-state index in [1.54, 1.807) is 0 Å². The highest BCUT2D eigenvalue weighted by atomic mass is 16.3. The highest BCUT2D eigenvalue weighted by Crippen LogP contribution is 2.11. The van der Waals surface area contributed by atoms with Crippen molar-refractivity contribution in [2.75, 3.05) is 0 Å². The molecule has 2 nitrogen and oxygen atoms in total. The fourth-order valence-electron chi connectivity index (χ4n) is 1.84. The fraction of sp³-hybridized carbons (Fsp3) is 0.647. The van der Waals surface area contributed by atoms with E-state index in [-0.39, 0.29) is 0 Å². The number of aliphatic hydroxyl groups is 2. The second-order valence-electron chi connectivity index (χ2n) is 4.88. The zero-order valence-corrected chi connectivity index (χ0v) is 12.3. The van der Waals surface area contributed by atoms with Crippen LogP contribution in [0.5, 0.6) is 0 Å². The van der Waals surface area contributed by atoms with Gasteiger partial charge in [0.25, 0.3) is 0 Å². The molecule has 0 aliphatic rings. The Kier molecular flexibility index (Phi) is 13.0.